The summed E-state index contributed by atoms with van der Waals surface area (Å²) in [5, 5.41) is 2.88. The molecule has 0 aliphatic rings. The molecular formula is C15H24N2O2. The van der Waals surface area contributed by atoms with Gasteiger partial charge in [-0.05, 0) is 36.1 Å². The van der Waals surface area contributed by atoms with Crippen LogP contribution in [0.25, 0.3) is 0 Å². The quantitative estimate of drug-likeness (QED) is 0.830. The Balaban J connectivity index is 2.42. The number of hydrogen-bond donors (Lipinski definition) is 2. The predicted molar refractivity (Wildman–Crippen MR) is 78.3 cm³/mol. The largest absolute Gasteiger partial charge is 0.492 e. The van der Waals surface area contributed by atoms with Crippen LogP contribution < -0.4 is 15.8 Å². The van der Waals surface area contributed by atoms with Crippen LogP contribution in [-0.2, 0) is 4.79 Å². The Morgan fingerprint density at radius 3 is 2.42 bits per heavy atom. The van der Waals surface area contributed by atoms with Crippen molar-refractivity contribution in [3.8, 4) is 5.75 Å². The zero-order valence-electron chi connectivity index (χ0n) is 12.0. The predicted octanol–water partition coefficient (Wildman–Crippen LogP) is 2.79. The molecule has 4 heteroatoms. The molecule has 0 aromatic heterocycles. The summed E-state index contributed by atoms with van der Waals surface area (Å²) in [6.45, 7) is 7.38. The summed E-state index contributed by atoms with van der Waals surface area (Å²) in [5.41, 5.74) is 6.33. The molecule has 0 aliphatic carbocycles. The van der Waals surface area contributed by atoms with Crippen LogP contribution >= 0.6 is 0 Å². The van der Waals surface area contributed by atoms with Crippen molar-refractivity contribution in [3.63, 3.8) is 0 Å². The summed E-state index contributed by atoms with van der Waals surface area (Å²) >= 11 is 0. The zero-order chi connectivity index (χ0) is 14.3. The van der Waals surface area contributed by atoms with Gasteiger partial charge in [-0.1, -0.05) is 20.8 Å². The van der Waals surface area contributed by atoms with E-state index < -0.39 is 0 Å². The topological polar surface area (TPSA) is 64.3 Å². The van der Waals surface area contributed by atoms with E-state index in [2.05, 4.69) is 26.1 Å². The lowest BCUT2D eigenvalue weighted by atomic mass is 9.90. The molecule has 1 amide bonds. The van der Waals surface area contributed by atoms with Gasteiger partial charge in [0.25, 0.3) is 0 Å². The van der Waals surface area contributed by atoms with E-state index in [1.807, 2.05) is 24.3 Å². The number of carbonyl (C=O) groups excluding carboxylic acids is 1. The summed E-state index contributed by atoms with van der Waals surface area (Å²) in [4.78, 5) is 11.8. The molecule has 0 saturated carbocycles. The van der Waals surface area contributed by atoms with Crippen LogP contribution in [0.15, 0.2) is 24.3 Å². The summed E-state index contributed by atoms with van der Waals surface area (Å²) in [5.74, 6) is 0.809. The SMILES string of the molecule is CC(C)(C)CCC(=O)Nc1ccc(OCCN)cc1. The maximum absolute atomic E-state index is 11.8. The minimum absolute atomic E-state index is 0.0468. The Bertz CT molecular complexity index is 394. The number of ether oxygens (including phenoxy) is 1. The molecule has 106 valence electrons. The number of nitrogens with two attached hydrogens (primary N) is 1. The lowest BCUT2D eigenvalue weighted by Crippen LogP contribution is -2.15. The molecule has 0 heterocycles. The van der Waals surface area contributed by atoms with E-state index in [1.54, 1.807) is 0 Å². The van der Waals surface area contributed by atoms with Crippen LogP contribution in [-0.4, -0.2) is 19.1 Å². The van der Waals surface area contributed by atoms with E-state index in [0.717, 1.165) is 17.9 Å². The van der Waals surface area contributed by atoms with Crippen molar-refractivity contribution in [1.29, 1.82) is 0 Å². The highest BCUT2D eigenvalue weighted by Crippen LogP contribution is 2.21. The molecule has 0 aliphatic heterocycles. The molecule has 4 nitrogen and oxygen atoms in total. The Labute approximate surface area is 115 Å². The minimum atomic E-state index is 0.0468. The third-order valence-electron chi connectivity index (χ3n) is 2.63. The third kappa shape index (κ3) is 6.82. The second kappa shape index (κ2) is 7.14. The maximum atomic E-state index is 11.8. The van der Waals surface area contributed by atoms with E-state index in [-0.39, 0.29) is 11.3 Å². The first-order valence-corrected chi connectivity index (χ1v) is 6.63. The molecule has 0 bridgehead atoms. The molecule has 0 atom stereocenters. The summed E-state index contributed by atoms with van der Waals surface area (Å²) < 4.78 is 5.37. The monoisotopic (exact) mass is 264 g/mol. The van der Waals surface area contributed by atoms with Gasteiger partial charge < -0.3 is 15.8 Å². The van der Waals surface area contributed by atoms with Gasteiger partial charge in [0.05, 0.1) is 0 Å². The molecule has 0 saturated heterocycles. The highest BCUT2D eigenvalue weighted by Gasteiger charge is 2.12. The Morgan fingerprint density at radius 2 is 1.89 bits per heavy atom. The molecule has 0 radical (unpaired) electrons. The molecule has 1 aromatic rings. The van der Waals surface area contributed by atoms with E-state index in [1.165, 1.54) is 0 Å². The highest BCUT2D eigenvalue weighted by molar-refractivity contribution is 5.90. The van der Waals surface area contributed by atoms with E-state index in [9.17, 15) is 4.79 Å². The number of rotatable bonds is 6. The Morgan fingerprint density at radius 1 is 1.26 bits per heavy atom. The van der Waals surface area contributed by atoms with Gasteiger partial charge in [0, 0.05) is 18.7 Å². The van der Waals surface area contributed by atoms with E-state index in [4.69, 9.17) is 10.5 Å². The zero-order valence-corrected chi connectivity index (χ0v) is 12.0. The molecule has 0 spiro atoms. The van der Waals surface area contributed by atoms with Crippen molar-refractivity contribution < 1.29 is 9.53 Å². The fourth-order valence-corrected chi connectivity index (χ4v) is 1.52. The Kier molecular flexibility index (Phi) is 5.83. The first-order valence-electron chi connectivity index (χ1n) is 6.63. The second-order valence-electron chi connectivity index (χ2n) is 5.77. The van der Waals surface area contributed by atoms with Crippen LogP contribution in [0.2, 0.25) is 0 Å². The van der Waals surface area contributed by atoms with Gasteiger partial charge in [0.1, 0.15) is 12.4 Å². The first-order chi connectivity index (χ1) is 8.90. The second-order valence-corrected chi connectivity index (χ2v) is 5.77. The number of anilines is 1. The average Bonchev–Trinajstić information content (AvgIpc) is 2.35. The van der Waals surface area contributed by atoms with Gasteiger partial charge in [0.2, 0.25) is 5.91 Å². The lowest BCUT2D eigenvalue weighted by molar-refractivity contribution is -0.116. The standard InChI is InChI=1S/C15H24N2O2/c1-15(2,3)9-8-14(18)17-12-4-6-13(7-5-12)19-11-10-16/h4-7H,8-11,16H2,1-3H3,(H,17,18). The van der Waals surface area contributed by atoms with Crippen LogP contribution in [0.5, 0.6) is 5.75 Å². The summed E-state index contributed by atoms with van der Waals surface area (Å²) in [6.07, 6.45) is 1.41. The first kappa shape index (κ1) is 15.5. The van der Waals surface area contributed by atoms with Gasteiger partial charge >= 0.3 is 0 Å². The van der Waals surface area contributed by atoms with E-state index in [0.29, 0.717) is 19.6 Å². The summed E-state index contributed by atoms with van der Waals surface area (Å²) in [7, 11) is 0. The molecule has 1 rings (SSSR count). The average molecular weight is 264 g/mol. The normalized spacial score (nSPS) is 11.2. The van der Waals surface area contributed by atoms with Gasteiger partial charge in [-0.3, -0.25) is 4.79 Å². The van der Waals surface area contributed by atoms with Gasteiger partial charge in [-0.15, -0.1) is 0 Å². The Hall–Kier alpha value is -1.55. The van der Waals surface area contributed by atoms with Crippen molar-refractivity contribution in [2.75, 3.05) is 18.5 Å². The number of amides is 1. The van der Waals surface area contributed by atoms with Crippen molar-refractivity contribution in [3.05, 3.63) is 24.3 Å². The van der Waals surface area contributed by atoms with Crippen LogP contribution in [0.1, 0.15) is 33.6 Å². The maximum Gasteiger partial charge on any atom is 0.224 e. The molecule has 0 unspecified atom stereocenters. The minimum Gasteiger partial charge on any atom is -0.492 e. The fraction of sp³-hybridized carbons (Fsp3) is 0.533. The fourth-order valence-electron chi connectivity index (χ4n) is 1.52. The van der Waals surface area contributed by atoms with Gasteiger partial charge in [-0.2, -0.15) is 0 Å². The van der Waals surface area contributed by atoms with Crippen molar-refractivity contribution in [2.45, 2.75) is 33.6 Å². The van der Waals surface area contributed by atoms with Crippen LogP contribution in [0.4, 0.5) is 5.69 Å². The van der Waals surface area contributed by atoms with Crippen LogP contribution in [0.3, 0.4) is 0 Å². The molecular weight excluding hydrogens is 240 g/mol. The molecule has 3 N–H and O–H groups in total. The number of nitrogens with one attached hydrogen (secondary N) is 1. The number of hydrogen-bond acceptors (Lipinski definition) is 3. The van der Waals surface area contributed by atoms with Crippen LogP contribution in [0, 0.1) is 5.41 Å². The summed E-state index contributed by atoms with van der Waals surface area (Å²) in [6, 6.07) is 7.33. The smallest absolute Gasteiger partial charge is 0.224 e. The van der Waals surface area contributed by atoms with Gasteiger partial charge in [-0.25, -0.2) is 0 Å². The van der Waals surface area contributed by atoms with E-state index >= 15 is 0 Å². The van der Waals surface area contributed by atoms with Crippen molar-refractivity contribution in [2.24, 2.45) is 11.1 Å². The molecule has 19 heavy (non-hydrogen) atoms. The molecule has 1 aromatic carbocycles. The van der Waals surface area contributed by atoms with Crippen molar-refractivity contribution in [1.82, 2.24) is 0 Å². The van der Waals surface area contributed by atoms with Gasteiger partial charge in [0.15, 0.2) is 0 Å². The molecule has 0 fully saturated rings. The lowest BCUT2D eigenvalue weighted by Gasteiger charge is -2.17. The highest BCUT2D eigenvalue weighted by atomic mass is 16.5. The number of benzene rings is 1. The van der Waals surface area contributed by atoms with Crippen molar-refractivity contribution >= 4 is 11.6 Å². The number of carbonyl (C=O) groups is 1. The third-order valence-corrected chi connectivity index (χ3v) is 2.63.